The summed E-state index contributed by atoms with van der Waals surface area (Å²) in [6.45, 7) is 2.49. The van der Waals surface area contributed by atoms with Crippen molar-refractivity contribution in [3.05, 3.63) is 70.2 Å². The predicted molar refractivity (Wildman–Crippen MR) is 125 cm³/mol. The van der Waals surface area contributed by atoms with Crippen LogP contribution in [0.3, 0.4) is 0 Å². The Morgan fingerprint density at radius 3 is 2.94 bits per heavy atom. The first kappa shape index (κ1) is 20.3. The number of anilines is 1. The summed E-state index contributed by atoms with van der Waals surface area (Å²) in [6.07, 6.45) is 3.61. The van der Waals surface area contributed by atoms with Crippen molar-refractivity contribution in [2.45, 2.75) is 18.6 Å². The second-order valence-corrected chi connectivity index (χ2v) is 8.82. The van der Waals surface area contributed by atoms with E-state index in [1.54, 1.807) is 28.3 Å². The molecule has 5 aromatic rings. The van der Waals surface area contributed by atoms with Gasteiger partial charge in [-0.2, -0.15) is 9.78 Å². The summed E-state index contributed by atoms with van der Waals surface area (Å²) in [5.74, 6) is -0.227. The van der Waals surface area contributed by atoms with Crippen LogP contribution in [0.5, 0.6) is 0 Å². The highest BCUT2D eigenvalue weighted by atomic mass is 32.2. The van der Waals surface area contributed by atoms with E-state index in [-0.39, 0.29) is 5.91 Å². The van der Waals surface area contributed by atoms with Crippen molar-refractivity contribution in [3.8, 4) is 5.69 Å². The topological polar surface area (TPSA) is 103 Å². The fourth-order valence-corrected chi connectivity index (χ4v) is 4.53. The van der Waals surface area contributed by atoms with Crippen molar-refractivity contribution in [2.24, 2.45) is 0 Å². The van der Waals surface area contributed by atoms with Crippen LogP contribution >= 0.6 is 23.1 Å². The summed E-state index contributed by atoms with van der Waals surface area (Å²) >= 11 is 3.11. The quantitative estimate of drug-likeness (QED) is 0.383. The maximum absolute atomic E-state index is 13.2. The number of fused-ring (bicyclic) bond motifs is 1. The molecule has 0 saturated heterocycles. The van der Waals surface area contributed by atoms with Gasteiger partial charge in [0.2, 0.25) is 5.16 Å². The van der Waals surface area contributed by atoms with Gasteiger partial charge in [-0.05, 0) is 59.3 Å². The van der Waals surface area contributed by atoms with Gasteiger partial charge in [0.25, 0.3) is 5.91 Å². The van der Waals surface area contributed by atoms with Crippen LogP contribution in [0.25, 0.3) is 16.7 Å². The number of carbonyl (C=O) groups excluding carboxylic acids is 1. The van der Waals surface area contributed by atoms with Crippen molar-refractivity contribution in [1.29, 1.82) is 0 Å². The molecule has 1 N–H and O–H groups in total. The zero-order valence-corrected chi connectivity index (χ0v) is 18.9. The molecule has 9 nitrogen and oxygen atoms in total. The largest absolute Gasteiger partial charge is 0.322 e. The van der Waals surface area contributed by atoms with Gasteiger partial charge in [-0.3, -0.25) is 4.79 Å². The Morgan fingerprint density at radius 2 is 2.12 bits per heavy atom. The molecule has 4 heterocycles. The molecule has 32 heavy (non-hydrogen) atoms. The Labute approximate surface area is 191 Å². The van der Waals surface area contributed by atoms with Crippen LogP contribution in [0.1, 0.15) is 20.9 Å². The molecule has 5 rings (SSSR count). The lowest BCUT2D eigenvalue weighted by Gasteiger charge is -2.10. The standard InChI is InChI=1S/C21H18N8OS2/c1-13-9-17(18-11-22-28(19(18)23-13)12-16-7-4-8-32-16)20(30)24-14-5-3-6-15(10-14)29-21(31-2)25-26-27-29/h3-11H,12H2,1-2H3,(H,24,30). The number of pyridine rings is 1. The van der Waals surface area contributed by atoms with Crippen molar-refractivity contribution in [2.75, 3.05) is 11.6 Å². The van der Waals surface area contributed by atoms with Crippen molar-refractivity contribution in [3.63, 3.8) is 0 Å². The van der Waals surface area contributed by atoms with Gasteiger partial charge in [0.15, 0.2) is 5.65 Å². The second-order valence-electron chi connectivity index (χ2n) is 7.01. The molecule has 0 fully saturated rings. The normalized spacial score (nSPS) is 11.2. The lowest BCUT2D eigenvalue weighted by molar-refractivity contribution is 0.102. The molecule has 0 atom stereocenters. The summed E-state index contributed by atoms with van der Waals surface area (Å²) in [5, 5.41) is 22.6. The van der Waals surface area contributed by atoms with Gasteiger partial charge in [-0.25, -0.2) is 9.67 Å². The number of nitrogens with one attached hydrogen (secondary N) is 1. The van der Waals surface area contributed by atoms with E-state index in [0.717, 1.165) is 11.4 Å². The van der Waals surface area contributed by atoms with E-state index in [1.807, 2.05) is 53.6 Å². The highest BCUT2D eigenvalue weighted by Crippen LogP contribution is 2.23. The Hall–Kier alpha value is -3.57. The Bertz CT molecular complexity index is 1410. The molecule has 0 unspecified atom stereocenters. The predicted octanol–water partition coefficient (Wildman–Crippen LogP) is 3.80. The van der Waals surface area contributed by atoms with Gasteiger partial charge in [-0.15, -0.1) is 16.4 Å². The molecule has 0 saturated carbocycles. The number of carbonyl (C=O) groups is 1. The van der Waals surface area contributed by atoms with Gasteiger partial charge in [0.1, 0.15) is 0 Å². The molecule has 0 aliphatic rings. The summed E-state index contributed by atoms with van der Waals surface area (Å²) in [7, 11) is 0. The third-order valence-electron chi connectivity index (χ3n) is 4.84. The first-order valence-corrected chi connectivity index (χ1v) is 11.8. The second kappa shape index (κ2) is 8.52. The first-order valence-electron chi connectivity index (χ1n) is 9.72. The van der Waals surface area contributed by atoms with Crippen molar-refractivity contribution in [1.82, 2.24) is 35.0 Å². The Morgan fingerprint density at radius 1 is 1.22 bits per heavy atom. The number of aryl methyl sites for hydroxylation is 1. The maximum atomic E-state index is 13.2. The molecule has 0 aliphatic heterocycles. The fourth-order valence-electron chi connectivity index (χ4n) is 3.41. The fraction of sp³-hybridized carbons (Fsp3) is 0.143. The van der Waals surface area contributed by atoms with Gasteiger partial charge < -0.3 is 5.32 Å². The number of aromatic nitrogens is 7. The lowest BCUT2D eigenvalue weighted by Crippen LogP contribution is -2.13. The minimum Gasteiger partial charge on any atom is -0.322 e. The molecule has 1 aromatic carbocycles. The molecule has 0 aliphatic carbocycles. The van der Waals surface area contributed by atoms with E-state index >= 15 is 0 Å². The van der Waals surface area contributed by atoms with Crippen LogP contribution in [0.2, 0.25) is 0 Å². The SMILES string of the molecule is CSc1nnnn1-c1cccc(NC(=O)c2cc(C)nc3c2cnn3Cc2cccs2)c1. The van der Waals surface area contributed by atoms with Crippen LogP contribution in [-0.4, -0.2) is 47.1 Å². The Kier molecular flexibility index (Phi) is 5.41. The molecule has 11 heteroatoms. The van der Waals surface area contributed by atoms with Crippen molar-refractivity contribution >= 4 is 45.7 Å². The van der Waals surface area contributed by atoms with E-state index in [1.165, 1.54) is 16.6 Å². The molecule has 0 radical (unpaired) electrons. The average molecular weight is 463 g/mol. The molecule has 4 aromatic heterocycles. The monoisotopic (exact) mass is 462 g/mol. The van der Waals surface area contributed by atoms with Crippen LogP contribution in [0, 0.1) is 6.92 Å². The van der Waals surface area contributed by atoms with Gasteiger partial charge in [0, 0.05) is 16.3 Å². The first-order chi connectivity index (χ1) is 15.6. The number of rotatable bonds is 6. The lowest BCUT2D eigenvalue weighted by atomic mass is 10.1. The summed E-state index contributed by atoms with van der Waals surface area (Å²) in [6, 6.07) is 13.2. The number of benzene rings is 1. The van der Waals surface area contributed by atoms with Crippen LogP contribution in [0.15, 0.2) is 59.2 Å². The minimum absolute atomic E-state index is 0.227. The smallest absolute Gasteiger partial charge is 0.256 e. The minimum atomic E-state index is -0.227. The third kappa shape index (κ3) is 3.87. The molecule has 1 amide bonds. The zero-order chi connectivity index (χ0) is 22.1. The highest BCUT2D eigenvalue weighted by Gasteiger charge is 2.17. The molecule has 0 bridgehead atoms. The van der Waals surface area contributed by atoms with E-state index < -0.39 is 0 Å². The summed E-state index contributed by atoms with van der Waals surface area (Å²) in [4.78, 5) is 19.0. The van der Waals surface area contributed by atoms with E-state index in [0.29, 0.717) is 34.0 Å². The van der Waals surface area contributed by atoms with Gasteiger partial charge in [-0.1, -0.05) is 23.9 Å². The highest BCUT2D eigenvalue weighted by molar-refractivity contribution is 7.98. The molecular weight excluding hydrogens is 444 g/mol. The number of hydrogen-bond donors (Lipinski definition) is 1. The van der Waals surface area contributed by atoms with Gasteiger partial charge in [0.05, 0.1) is 29.4 Å². The third-order valence-corrected chi connectivity index (χ3v) is 6.32. The number of amides is 1. The molecular formula is C21H18N8OS2. The number of thioether (sulfide) groups is 1. The number of hydrogen-bond acceptors (Lipinski definition) is 8. The summed E-state index contributed by atoms with van der Waals surface area (Å²) in [5.41, 5.74) is 3.38. The summed E-state index contributed by atoms with van der Waals surface area (Å²) < 4.78 is 3.46. The van der Waals surface area contributed by atoms with E-state index in [9.17, 15) is 4.79 Å². The van der Waals surface area contributed by atoms with Crippen LogP contribution < -0.4 is 5.32 Å². The molecule has 160 valence electrons. The number of thiophene rings is 1. The molecule has 0 spiro atoms. The van der Waals surface area contributed by atoms with E-state index in [2.05, 4.69) is 37.0 Å². The van der Waals surface area contributed by atoms with Crippen molar-refractivity contribution < 1.29 is 4.79 Å². The van der Waals surface area contributed by atoms with Gasteiger partial charge >= 0.3 is 0 Å². The average Bonchev–Trinajstić information content (AvgIpc) is 3.55. The Balaban J connectivity index is 1.45. The number of tetrazole rings is 1. The van der Waals surface area contributed by atoms with E-state index in [4.69, 9.17) is 0 Å². The number of nitrogens with zero attached hydrogens (tertiary/aromatic N) is 7. The van der Waals surface area contributed by atoms with Crippen LogP contribution in [-0.2, 0) is 6.54 Å². The van der Waals surface area contributed by atoms with Crippen LogP contribution in [0.4, 0.5) is 5.69 Å². The maximum Gasteiger partial charge on any atom is 0.256 e. The zero-order valence-electron chi connectivity index (χ0n) is 17.3.